The van der Waals surface area contributed by atoms with Gasteiger partial charge in [0.05, 0.1) is 0 Å². The fourth-order valence-corrected chi connectivity index (χ4v) is 4.14. The third kappa shape index (κ3) is 3.87. The summed E-state index contributed by atoms with van der Waals surface area (Å²) in [7, 11) is 0. The second-order valence-corrected chi connectivity index (χ2v) is 8.47. The molecule has 0 saturated carbocycles. The molecule has 2 saturated heterocycles. The third-order valence-corrected chi connectivity index (χ3v) is 5.25. The van der Waals surface area contributed by atoms with Crippen LogP contribution in [0.25, 0.3) is 0 Å². The van der Waals surface area contributed by atoms with Gasteiger partial charge < -0.3 is 14.4 Å². The smallest absolute Gasteiger partial charge is 0.410 e. The Labute approximate surface area is 155 Å². The van der Waals surface area contributed by atoms with Crippen LogP contribution in [0.2, 0.25) is 0 Å². The number of hydrogen-bond acceptors (Lipinski definition) is 4. The van der Waals surface area contributed by atoms with E-state index in [9.17, 15) is 9.59 Å². The van der Waals surface area contributed by atoms with E-state index in [0.717, 1.165) is 37.0 Å². The summed E-state index contributed by atoms with van der Waals surface area (Å²) in [4.78, 5) is 26.2. The Bertz CT molecular complexity index is 692. The van der Waals surface area contributed by atoms with E-state index in [1.807, 2.05) is 50.8 Å². The molecule has 3 rings (SSSR count). The Hall–Kier alpha value is -2.04. The minimum Gasteiger partial charge on any atom is -0.490 e. The van der Waals surface area contributed by atoms with Crippen LogP contribution in [-0.2, 0) is 4.74 Å². The van der Waals surface area contributed by atoms with Crippen molar-refractivity contribution in [1.82, 2.24) is 4.90 Å². The number of nitrogens with zero attached hydrogens (tertiary/aromatic N) is 1. The van der Waals surface area contributed by atoms with Crippen molar-refractivity contribution in [3.8, 4) is 5.75 Å². The van der Waals surface area contributed by atoms with Crippen molar-refractivity contribution >= 4 is 11.9 Å². The average Bonchev–Trinajstić information content (AvgIpc) is 2.79. The van der Waals surface area contributed by atoms with Gasteiger partial charge in [-0.3, -0.25) is 4.79 Å². The number of amides is 1. The Kier molecular flexibility index (Phi) is 5.00. The highest BCUT2D eigenvalue weighted by Crippen LogP contribution is 2.38. The summed E-state index contributed by atoms with van der Waals surface area (Å²) in [6.07, 6.45) is 3.45. The quantitative estimate of drug-likeness (QED) is 0.745. The first-order chi connectivity index (χ1) is 12.2. The number of rotatable bonds is 3. The normalized spacial score (nSPS) is 25.1. The molecular weight excluding hydrogens is 330 g/mol. The van der Waals surface area contributed by atoms with Crippen molar-refractivity contribution in [3.05, 3.63) is 29.3 Å². The van der Waals surface area contributed by atoms with Gasteiger partial charge in [-0.15, -0.1) is 0 Å². The maximum atomic E-state index is 12.5. The molecule has 26 heavy (non-hydrogen) atoms. The molecule has 1 aromatic carbocycles. The van der Waals surface area contributed by atoms with E-state index < -0.39 is 5.60 Å². The van der Waals surface area contributed by atoms with Crippen molar-refractivity contribution in [2.45, 2.75) is 84.1 Å². The summed E-state index contributed by atoms with van der Waals surface area (Å²) < 4.78 is 11.8. The summed E-state index contributed by atoms with van der Waals surface area (Å²) in [5.41, 5.74) is 1.12. The Morgan fingerprint density at radius 3 is 2.27 bits per heavy atom. The van der Waals surface area contributed by atoms with E-state index in [-0.39, 0.29) is 30.1 Å². The lowest BCUT2D eigenvalue weighted by molar-refractivity contribution is -0.00719. The largest absolute Gasteiger partial charge is 0.490 e. The second-order valence-electron chi connectivity index (χ2n) is 8.47. The van der Waals surface area contributed by atoms with Crippen LogP contribution in [0.15, 0.2) is 18.2 Å². The van der Waals surface area contributed by atoms with Crippen molar-refractivity contribution in [3.63, 3.8) is 0 Å². The lowest BCUT2D eigenvalue weighted by atomic mass is 9.99. The average molecular weight is 359 g/mol. The van der Waals surface area contributed by atoms with E-state index in [1.165, 1.54) is 0 Å². The summed E-state index contributed by atoms with van der Waals surface area (Å²) >= 11 is 0. The zero-order chi connectivity index (χ0) is 19.1. The molecule has 0 radical (unpaired) electrons. The summed E-state index contributed by atoms with van der Waals surface area (Å²) in [6, 6.07) is 5.96. The molecule has 142 valence electrons. The van der Waals surface area contributed by atoms with Crippen LogP contribution in [0, 0.1) is 6.92 Å². The van der Waals surface area contributed by atoms with E-state index in [0.29, 0.717) is 5.56 Å². The minimum absolute atomic E-state index is 0.0489. The molecule has 1 aromatic rings. The van der Waals surface area contributed by atoms with Crippen LogP contribution in [-0.4, -0.2) is 40.6 Å². The lowest BCUT2D eigenvalue weighted by Crippen LogP contribution is -2.50. The standard InChI is InChI=1S/C21H29NO4/c1-13-18(14(2)23)7-6-8-19(13)25-17-11-15-9-10-16(12-17)22(15)20(24)26-21(3,4)5/h6-8,15-17H,9-12H2,1-5H3/t15-,16+,17?. The number of hydrogen-bond donors (Lipinski definition) is 0. The molecule has 1 amide bonds. The maximum Gasteiger partial charge on any atom is 0.410 e. The number of fused-ring (bicyclic) bond motifs is 2. The summed E-state index contributed by atoms with van der Waals surface area (Å²) in [6.45, 7) is 9.19. The van der Waals surface area contributed by atoms with Gasteiger partial charge in [-0.1, -0.05) is 12.1 Å². The van der Waals surface area contributed by atoms with Gasteiger partial charge >= 0.3 is 6.09 Å². The van der Waals surface area contributed by atoms with Gasteiger partial charge in [0.15, 0.2) is 5.78 Å². The lowest BCUT2D eigenvalue weighted by Gasteiger charge is -2.39. The van der Waals surface area contributed by atoms with Crippen LogP contribution in [0.3, 0.4) is 0 Å². The summed E-state index contributed by atoms with van der Waals surface area (Å²) in [5, 5.41) is 0. The van der Waals surface area contributed by atoms with Gasteiger partial charge in [0.25, 0.3) is 0 Å². The van der Waals surface area contributed by atoms with Crippen LogP contribution >= 0.6 is 0 Å². The molecule has 5 heteroatoms. The molecule has 0 aliphatic carbocycles. The van der Waals surface area contributed by atoms with Crippen molar-refractivity contribution in [2.75, 3.05) is 0 Å². The molecule has 0 aromatic heterocycles. The minimum atomic E-state index is -0.478. The number of Topliss-reactive ketones (excluding diaryl/α,β-unsaturated/α-hetero) is 1. The van der Waals surface area contributed by atoms with Gasteiger partial charge in [-0.2, -0.15) is 0 Å². The highest BCUT2D eigenvalue weighted by atomic mass is 16.6. The molecule has 3 atom stereocenters. The monoisotopic (exact) mass is 359 g/mol. The predicted octanol–water partition coefficient (Wildman–Crippen LogP) is 4.51. The molecule has 0 N–H and O–H groups in total. The Balaban J connectivity index is 1.69. The van der Waals surface area contributed by atoms with Crippen LogP contribution in [0.5, 0.6) is 5.75 Å². The molecule has 2 aliphatic rings. The third-order valence-electron chi connectivity index (χ3n) is 5.25. The molecule has 5 nitrogen and oxygen atoms in total. The molecule has 2 fully saturated rings. The highest BCUT2D eigenvalue weighted by molar-refractivity contribution is 5.96. The van der Waals surface area contributed by atoms with E-state index in [2.05, 4.69) is 0 Å². The van der Waals surface area contributed by atoms with E-state index in [4.69, 9.17) is 9.47 Å². The molecule has 2 aliphatic heterocycles. The van der Waals surface area contributed by atoms with Crippen LogP contribution in [0.4, 0.5) is 4.79 Å². The van der Waals surface area contributed by atoms with Crippen LogP contribution < -0.4 is 4.74 Å². The summed E-state index contributed by atoms with van der Waals surface area (Å²) in [5.74, 6) is 0.820. The first-order valence-corrected chi connectivity index (χ1v) is 9.44. The molecule has 2 heterocycles. The Morgan fingerprint density at radius 2 is 1.73 bits per heavy atom. The maximum absolute atomic E-state index is 12.5. The number of piperidine rings is 1. The number of benzene rings is 1. The van der Waals surface area contributed by atoms with Crippen LogP contribution in [0.1, 0.15) is 69.3 Å². The topological polar surface area (TPSA) is 55.8 Å². The number of ether oxygens (including phenoxy) is 2. The molecule has 1 unspecified atom stereocenters. The number of carbonyl (C=O) groups is 2. The molecule has 0 spiro atoms. The van der Waals surface area contributed by atoms with Crippen molar-refractivity contribution in [1.29, 1.82) is 0 Å². The van der Waals surface area contributed by atoms with Gasteiger partial charge in [-0.05, 0) is 53.5 Å². The van der Waals surface area contributed by atoms with Gasteiger partial charge in [0.1, 0.15) is 17.5 Å². The fourth-order valence-electron chi connectivity index (χ4n) is 4.14. The molecule has 2 bridgehead atoms. The second kappa shape index (κ2) is 6.93. The van der Waals surface area contributed by atoms with Gasteiger partial charge in [-0.25, -0.2) is 4.79 Å². The number of ketones is 1. The highest BCUT2D eigenvalue weighted by Gasteiger charge is 2.45. The van der Waals surface area contributed by atoms with Gasteiger partial charge in [0.2, 0.25) is 0 Å². The Morgan fingerprint density at radius 1 is 1.12 bits per heavy atom. The SMILES string of the molecule is CC(=O)c1cccc(OC2C[C@H]3CC[C@@H](C2)N3C(=O)OC(C)(C)C)c1C. The van der Waals surface area contributed by atoms with E-state index in [1.54, 1.807) is 6.92 Å². The predicted molar refractivity (Wildman–Crippen MR) is 99.7 cm³/mol. The van der Waals surface area contributed by atoms with E-state index >= 15 is 0 Å². The fraction of sp³-hybridized carbons (Fsp3) is 0.619. The first kappa shape index (κ1) is 18.7. The first-order valence-electron chi connectivity index (χ1n) is 9.44. The zero-order valence-corrected chi connectivity index (χ0v) is 16.4. The van der Waals surface area contributed by atoms with Crippen molar-refractivity contribution in [2.24, 2.45) is 0 Å². The molecular formula is C21H29NO4. The zero-order valence-electron chi connectivity index (χ0n) is 16.4. The van der Waals surface area contributed by atoms with Crippen molar-refractivity contribution < 1.29 is 19.1 Å². The van der Waals surface area contributed by atoms with Gasteiger partial charge in [0, 0.05) is 36.1 Å². The number of carbonyl (C=O) groups excluding carboxylic acids is 2.